The van der Waals surface area contributed by atoms with Crippen LogP contribution in [0.1, 0.15) is 10.4 Å². The molecule has 2 rings (SSSR count). The number of aromatic carboxylic acids is 1. The molecule has 0 amide bonds. The summed E-state index contributed by atoms with van der Waals surface area (Å²) in [5.41, 5.74) is 0.359. The zero-order valence-corrected chi connectivity index (χ0v) is 6.90. The van der Waals surface area contributed by atoms with Crippen molar-refractivity contribution in [2.45, 2.75) is 0 Å². The lowest BCUT2D eigenvalue weighted by molar-refractivity contribution is 0.0699. The topological polar surface area (TPSA) is 37.3 Å². The minimum absolute atomic E-state index is 0.359. The normalized spacial score (nSPS) is 10.2. The lowest BCUT2D eigenvalue weighted by atomic mass is 9.89. The molecular formula is C11H8O2. The van der Waals surface area contributed by atoms with Crippen molar-refractivity contribution in [2.24, 2.45) is 0 Å². The van der Waals surface area contributed by atoms with Crippen LogP contribution in [0.5, 0.6) is 0 Å². The Kier molecular flexibility index (Phi) is 1.74. The van der Waals surface area contributed by atoms with Crippen LogP contribution in [0.4, 0.5) is 0 Å². The Morgan fingerprint density at radius 2 is 1.69 bits per heavy atom. The van der Waals surface area contributed by atoms with Crippen LogP contribution in [-0.4, -0.2) is 11.1 Å². The van der Waals surface area contributed by atoms with Gasteiger partial charge < -0.3 is 5.11 Å². The van der Waals surface area contributed by atoms with Crippen LogP contribution in [0.25, 0.3) is 10.8 Å². The standard InChI is InChI=1S/C11H8O2/c12-11(13)10-7-3-5-8-4-1-2-6-9(8)10/h1-7H,(H,12,13)/i11-1. The summed E-state index contributed by atoms with van der Waals surface area (Å²) in [5.74, 6) is -0.878. The van der Waals surface area contributed by atoms with Gasteiger partial charge >= 0.3 is 5.97 Å². The van der Waals surface area contributed by atoms with E-state index in [-0.39, 0.29) is 0 Å². The predicted molar refractivity (Wildman–Crippen MR) is 50.9 cm³/mol. The van der Waals surface area contributed by atoms with Crippen LogP contribution in [0.2, 0.25) is 0 Å². The summed E-state index contributed by atoms with van der Waals surface area (Å²) in [5, 5.41) is 10.6. The summed E-state index contributed by atoms with van der Waals surface area (Å²) in [6.07, 6.45) is 0. The first-order chi connectivity index (χ1) is 6.29. The van der Waals surface area contributed by atoms with Crippen LogP contribution >= 0.6 is 0 Å². The van der Waals surface area contributed by atoms with E-state index in [0.717, 1.165) is 10.8 Å². The zero-order valence-electron chi connectivity index (χ0n) is 6.90. The molecule has 2 aromatic carbocycles. The Bertz CT molecular complexity index is 455. The quantitative estimate of drug-likeness (QED) is 0.715. The minimum Gasteiger partial charge on any atom is -0.478 e. The Labute approximate surface area is 75.4 Å². The molecular weight excluding hydrogens is 163 g/mol. The third-order valence-corrected chi connectivity index (χ3v) is 2.02. The average Bonchev–Trinajstić information content (AvgIpc) is 2.17. The molecule has 13 heavy (non-hydrogen) atoms. The summed E-state index contributed by atoms with van der Waals surface area (Å²) in [7, 11) is 0. The number of carbonyl (C=O) groups is 1. The fourth-order valence-corrected chi connectivity index (χ4v) is 1.41. The molecule has 0 atom stereocenters. The van der Waals surface area contributed by atoms with Gasteiger partial charge in [0.15, 0.2) is 0 Å². The van der Waals surface area contributed by atoms with Crippen molar-refractivity contribution in [2.75, 3.05) is 0 Å². The lowest BCUT2D eigenvalue weighted by Gasteiger charge is -2.00. The van der Waals surface area contributed by atoms with Crippen LogP contribution in [0, 0.1) is 0 Å². The molecule has 0 aliphatic heterocycles. The van der Waals surface area contributed by atoms with Crippen LogP contribution in [-0.2, 0) is 0 Å². The number of benzene rings is 2. The van der Waals surface area contributed by atoms with Crippen LogP contribution < -0.4 is 0 Å². The van der Waals surface area contributed by atoms with Gasteiger partial charge in [-0.1, -0.05) is 36.4 Å². The summed E-state index contributed by atoms with van der Waals surface area (Å²) >= 11 is 0. The van der Waals surface area contributed by atoms with Gasteiger partial charge in [-0.3, -0.25) is 0 Å². The maximum Gasteiger partial charge on any atom is 0.336 e. The maximum atomic E-state index is 10.8. The minimum atomic E-state index is -0.878. The number of fused-ring (bicyclic) bond motifs is 1. The van der Waals surface area contributed by atoms with Crippen molar-refractivity contribution in [3.05, 3.63) is 48.0 Å². The summed E-state index contributed by atoms with van der Waals surface area (Å²) in [4.78, 5) is 10.8. The van der Waals surface area contributed by atoms with Crippen LogP contribution in [0.3, 0.4) is 0 Å². The molecule has 0 bridgehead atoms. The largest absolute Gasteiger partial charge is 0.478 e. The van der Waals surface area contributed by atoms with Crippen molar-refractivity contribution in [1.82, 2.24) is 0 Å². The number of hydrogen-bond donors (Lipinski definition) is 1. The lowest BCUT2D eigenvalue weighted by Crippen LogP contribution is -1.96. The molecule has 0 radical (unpaired) electrons. The van der Waals surface area contributed by atoms with E-state index in [1.54, 1.807) is 12.1 Å². The number of carboxylic acid groups (broad SMARTS) is 1. The zero-order chi connectivity index (χ0) is 9.26. The Morgan fingerprint density at radius 3 is 2.46 bits per heavy atom. The Morgan fingerprint density at radius 1 is 1.00 bits per heavy atom. The molecule has 2 aromatic rings. The van der Waals surface area contributed by atoms with Gasteiger partial charge in [0, 0.05) is 0 Å². The van der Waals surface area contributed by atoms with E-state index < -0.39 is 5.97 Å². The Balaban J connectivity index is 2.83. The molecule has 0 unspecified atom stereocenters. The van der Waals surface area contributed by atoms with Gasteiger partial charge in [0.25, 0.3) is 0 Å². The first kappa shape index (κ1) is 7.80. The highest BCUT2D eigenvalue weighted by molar-refractivity contribution is 6.03. The van der Waals surface area contributed by atoms with Crippen molar-refractivity contribution < 1.29 is 9.90 Å². The molecule has 2 heteroatoms. The fraction of sp³-hybridized carbons (Fsp3) is 0. The molecule has 2 nitrogen and oxygen atoms in total. The second-order valence-corrected chi connectivity index (χ2v) is 2.83. The molecule has 0 heterocycles. The van der Waals surface area contributed by atoms with Gasteiger partial charge in [0.1, 0.15) is 0 Å². The van der Waals surface area contributed by atoms with Gasteiger partial charge in [0.2, 0.25) is 0 Å². The first-order valence-corrected chi connectivity index (χ1v) is 4.00. The average molecular weight is 171 g/mol. The van der Waals surface area contributed by atoms with Gasteiger partial charge in [-0.2, -0.15) is 0 Å². The van der Waals surface area contributed by atoms with Crippen molar-refractivity contribution in [3.63, 3.8) is 0 Å². The molecule has 0 saturated heterocycles. The predicted octanol–water partition coefficient (Wildman–Crippen LogP) is 2.54. The summed E-state index contributed by atoms with van der Waals surface area (Å²) in [6.45, 7) is 0. The van der Waals surface area contributed by atoms with E-state index in [0.29, 0.717) is 5.56 Å². The second-order valence-electron chi connectivity index (χ2n) is 2.83. The van der Waals surface area contributed by atoms with Gasteiger partial charge in [-0.15, -0.1) is 0 Å². The molecule has 0 aliphatic carbocycles. The van der Waals surface area contributed by atoms with E-state index in [2.05, 4.69) is 0 Å². The third kappa shape index (κ3) is 1.26. The Hall–Kier alpha value is -1.83. The fourth-order valence-electron chi connectivity index (χ4n) is 1.41. The van der Waals surface area contributed by atoms with E-state index in [1.807, 2.05) is 30.3 Å². The number of carboxylic acids is 1. The maximum absolute atomic E-state index is 10.8. The molecule has 0 fully saturated rings. The van der Waals surface area contributed by atoms with Gasteiger partial charge in [-0.25, -0.2) is 4.79 Å². The van der Waals surface area contributed by atoms with Crippen molar-refractivity contribution >= 4 is 16.7 Å². The highest BCUT2D eigenvalue weighted by atomic mass is 16.3. The van der Waals surface area contributed by atoms with Crippen molar-refractivity contribution in [1.29, 1.82) is 0 Å². The molecule has 0 aromatic heterocycles. The SMILES string of the molecule is O=[11C](O)c1cccc2ccccc12. The molecule has 0 spiro atoms. The van der Waals surface area contributed by atoms with E-state index in [1.165, 1.54) is 0 Å². The van der Waals surface area contributed by atoms with E-state index in [9.17, 15) is 4.79 Å². The summed E-state index contributed by atoms with van der Waals surface area (Å²) < 4.78 is 0. The van der Waals surface area contributed by atoms with Crippen molar-refractivity contribution in [3.8, 4) is 0 Å². The van der Waals surface area contributed by atoms with Gasteiger partial charge in [-0.05, 0) is 16.8 Å². The number of hydrogen-bond acceptors (Lipinski definition) is 1. The first-order valence-electron chi connectivity index (χ1n) is 4.00. The second kappa shape index (κ2) is 2.90. The monoisotopic (exact) mass is 171 g/mol. The molecule has 64 valence electrons. The molecule has 0 aliphatic rings. The smallest absolute Gasteiger partial charge is 0.336 e. The van der Waals surface area contributed by atoms with Gasteiger partial charge in [0.05, 0.1) is 5.56 Å². The molecule has 0 saturated carbocycles. The van der Waals surface area contributed by atoms with Crippen LogP contribution in [0.15, 0.2) is 42.5 Å². The third-order valence-electron chi connectivity index (χ3n) is 2.02. The summed E-state index contributed by atoms with van der Waals surface area (Å²) in [6, 6.07) is 12.7. The molecule has 1 N–H and O–H groups in total. The van der Waals surface area contributed by atoms with E-state index >= 15 is 0 Å². The number of rotatable bonds is 1. The van der Waals surface area contributed by atoms with E-state index in [4.69, 9.17) is 5.11 Å². The highest BCUT2D eigenvalue weighted by Gasteiger charge is 2.05. The highest BCUT2D eigenvalue weighted by Crippen LogP contribution is 2.17.